The highest BCUT2D eigenvalue weighted by molar-refractivity contribution is 5.86. The first kappa shape index (κ1) is 16.0. The van der Waals surface area contributed by atoms with E-state index in [1.807, 2.05) is 0 Å². The van der Waals surface area contributed by atoms with E-state index in [9.17, 15) is 4.79 Å². The van der Waals surface area contributed by atoms with Crippen LogP contribution in [0.4, 0.5) is 0 Å². The van der Waals surface area contributed by atoms with Crippen molar-refractivity contribution in [3.8, 4) is 0 Å². The van der Waals surface area contributed by atoms with Gasteiger partial charge in [0.2, 0.25) is 5.91 Å². The molecule has 3 N–H and O–H groups in total. The fourth-order valence-corrected chi connectivity index (χ4v) is 2.77. The summed E-state index contributed by atoms with van der Waals surface area (Å²) >= 11 is 0. The number of nitrogens with two attached hydrogens (primary N) is 1. The molecule has 0 atom stereocenters. The van der Waals surface area contributed by atoms with Gasteiger partial charge in [-0.2, -0.15) is 0 Å². The van der Waals surface area contributed by atoms with Crippen LogP contribution in [0.2, 0.25) is 0 Å². The van der Waals surface area contributed by atoms with Gasteiger partial charge < -0.3 is 11.1 Å². The van der Waals surface area contributed by atoms with Crippen LogP contribution >= 0.6 is 24.8 Å². The molecular formula is C10H21Cl2N3O. The second-order valence-electron chi connectivity index (χ2n) is 4.34. The SMILES string of the molecule is Cl.Cl.NC(=O)C1(N2CCNCC2)CCCC1. The Morgan fingerprint density at radius 2 is 1.62 bits per heavy atom. The van der Waals surface area contributed by atoms with Crippen molar-refractivity contribution in [2.45, 2.75) is 31.2 Å². The van der Waals surface area contributed by atoms with Crippen LogP contribution in [-0.2, 0) is 4.79 Å². The highest BCUT2D eigenvalue weighted by Gasteiger charge is 2.44. The van der Waals surface area contributed by atoms with Crippen molar-refractivity contribution in [3.63, 3.8) is 0 Å². The fourth-order valence-electron chi connectivity index (χ4n) is 2.77. The van der Waals surface area contributed by atoms with Crippen LogP contribution in [-0.4, -0.2) is 42.5 Å². The summed E-state index contributed by atoms with van der Waals surface area (Å²) < 4.78 is 0. The molecule has 1 aliphatic heterocycles. The van der Waals surface area contributed by atoms with Crippen LogP contribution < -0.4 is 11.1 Å². The quantitative estimate of drug-likeness (QED) is 0.769. The van der Waals surface area contributed by atoms with Gasteiger partial charge in [-0.3, -0.25) is 9.69 Å². The number of carbonyl (C=O) groups is 1. The number of nitrogens with zero attached hydrogens (tertiary/aromatic N) is 1. The van der Waals surface area contributed by atoms with Gasteiger partial charge in [0.1, 0.15) is 5.54 Å². The van der Waals surface area contributed by atoms with Gasteiger partial charge in [-0.1, -0.05) is 12.8 Å². The van der Waals surface area contributed by atoms with Gasteiger partial charge >= 0.3 is 0 Å². The molecule has 0 radical (unpaired) electrons. The van der Waals surface area contributed by atoms with Gasteiger partial charge in [-0.15, -0.1) is 24.8 Å². The number of piperazine rings is 1. The average molecular weight is 270 g/mol. The Morgan fingerprint density at radius 3 is 2.06 bits per heavy atom. The Labute approximate surface area is 109 Å². The maximum Gasteiger partial charge on any atom is 0.237 e. The molecule has 96 valence electrons. The number of carbonyl (C=O) groups excluding carboxylic acids is 1. The molecule has 0 aromatic heterocycles. The number of hydrogen-bond acceptors (Lipinski definition) is 3. The third-order valence-electron chi connectivity index (χ3n) is 3.61. The topological polar surface area (TPSA) is 58.4 Å². The molecule has 0 spiro atoms. The number of nitrogens with one attached hydrogen (secondary N) is 1. The van der Waals surface area contributed by atoms with Crippen LogP contribution in [0.1, 0.15) is 25.7 Å². The molecule has 0 unspecified atom stereocenters. The van der Waals surface area contributed by atoms with E-state index < -0.39 is 0 Å². The maximum atomic E-state index is 11.6. The summed E-state index contributed by atoms with van der Waals surface area (Å²) in [5.74, 6) is -0.114. The number of primary amides is 1. The lowest BCUT2D eigenvalue weighted by atomic mass is 9.93. The molecule has 1 aliphatic carbocycles. The Hall–Kier alpha value is -0.0300. The molecule has 0 aromatic carbocycles. The van der Waals surface area contributed by atoms with Gasteiger partial charge in [-0.05, 0) is 12.8 Å². The summed E-state index contributed by atoms with van der Waals surface area (Å²) in [6.07, 6.45) is 4.21. The second kappa shape index (κ2) is 6.64. The Morgan fingerprint density at radius 1 is 1.12 bits per heavy atom. The van der Waals surface area contributed by atoms with Gasteiger partial charge in [0, 0.05) is 26.2 Å². The van der Waals surface area contributed by atoms with Crippen molar-refractivity contribution >= 4 is 30.7 Å². The monoisotopic (exact) mass is 269 g/mol. The zero-order valence-electron chi connectivity index (χ0n) is 9.41. The lowest BCUT2D eigenvalue weighted by molar-refractivity contribution is -0.130. The number of amides is 1. The predicted octanol–water partition coefficient (Wildman–Crippen LogP) is 0.533. The molecule has 1 heterocycles. The summed E-state index contributed by atoms with van der Waals surface area (Å²) in [6, 6.07) is 0. The molecular weight excluding hydrogens is 249 g/mol. The predicted molar refractivity (Wildman–Crippen MR) is 69.3 cm³/mol. The highest BCUT2D eigenvalue weighted by atomic mass is 35.5. The van der Waals surface area contributed by atoms with E-state index in [0.717, 1.165) is 51.9 Å². The molecule has 2 aliphatic rings. The average Bonchev–Trinajstić information content (AvgIpc) is 2.69. The van der Waals surface area contributed by atoms with Crippen LogP contribution in [0.25, 0.3) is 0 Å². The zero-order valence-corrected chi connectivity index (χ0v) is 11.0. The molecule has 4 nitrogen and oxygen atoms in total. The first-order valence-electron chi connectivity index (χ1n) is 5.51. The maximum absolute atomic E-state index is 11.6. The Bertz CT molecular complexity index is 226. The molecule has 0 aromatic rings. The molecule has 16 heavy (non-hydrogen) atoms. The van der Waals surface area contributed by atoms with Gasteiger partial charge in [0.05, 0.1) is 0 Å². The minimum absolute atomic E-state index is 0. The van der Waals surface area contributed by atoms with Gasteiger partial charge in [-0.25, -0.2) is 0 Å². The molecule has 6 heteroatoms. The Balaban J connectivity index is 0.00000112. The second-order valence-corrected chi connectivity index (χ2v) is 4.34. The van der Waals surface area contributed by atoms with Crippen molar-refractivity contribution in [1.29, 1.82) is 0 Å². The van der Waals surface area contributed by atoms with Crippen LogP contribution in [0.5, 0.6) is 0 Å². The third kappa shape index (κ3) is 2.80. The zero-order chi connectivity index (χ0) is 10.0. The van der Waals surface area contributed by atoms with Crippen LogP contribution in [0.3, 0.4) is 0 Å². The fraction of sp³-hybridized carbons (Fsp3) is 0.900. The first-order valence-corrected chi connectivity index (χ1v) is 5.51. The normalized spacial score (nSPS) is 24.2. The summed E-state index contributed by atoms with van der Waals surface area (Å²) in [7, 11) is 0. The highest BCUT2D eigenvalue weighted by Crippen LogP contribution is 2.35. The number of hydrogen-bond donors (Lipinski definition) is 2. The molecule has 1 saturated carbocycles. The molecule has 2 rings (SSSR count). The first-order chi connectivity index (χ1) is 6.76. The lowest BCUT2D eigenvalue weighted by Gasteiger charge is -2.41. The summed E-state index contributed by atoms with van der Waals surface area (Å²) in [5.41, 5.74) is 5.26. The van der Waals surface area contributed by atoms with Crippen LogP contribution in [0, 0.1) is 0 Å². The smallest absolute Gasteiger partial charge is 0.237 e. The van der Waals surface area contributed by atoms with Crippen molar-refractivity contribution < 1.29 is 4.79 Å². The number of rotatable bonds is 2. The van der Waals surface area contributed by atoms with E-state index >= 15 is 0 Å². The van der Waals surface area contributed by atoms with Crippen molar-refractivity contribution in [2.75, 3.05) is 26.2 Å². The van der Waals surface area contributed by atoms with E-state index in [2.05, 4.69) is 10.2 Å². The van der Waals surface area contributed by atoms with E-state index in [1.54, 1.807) is 0 Å². The minimum atomic E-state index is -0.303. The standard InChI is InChI=1S/C10H19N3O.2ClH/c11-9(14)10(3-1-2-4-10)13-7-5-12-6-8-13;;/h12H,1-8H2,(H2,11,14);2*1H. The summed E-state index contributed by atoms with van der Waals surface area (Å²) in [4.78, 5) is 13.9. The molecule has 0 bridgehead atoms. The van der Waals surface area contributed by atoms with Gasteiger partial charge in [0.25, 0.3) is 0 Å². The van der Waals surface area contributed by atoms with E-state index in [1.165, 1.54) is 0 Å². The third-order valence-corrected chi connectivity index (χ3v) is 3.61. The summed E-state index contributed by atoms with van der Waals surface area (Å²) in [6.45, 7) is 3.88. The molecule has 1 amide bonds. The molecule has 2 fully saturated rings. The van der Waals surface area contributed by atoms with Crippen molar-refractivity contribution in [2.24, 2.45) is 5.73 Å². The van der Waals surface area contributed by atoms with E-state index in [0.29, 0.717) is 0 Å². The largest absolute Gasteiger partial charge is 0.368 e. The van der Waals surface area contributed by atoms with Gasteiger partial charge in [0.15, 0.2) is 0 Å². The summed E-state index contributed by atoms with van der Waals surface area (Å²) in [5, 5.41) is 3.30. The van der Waals surface area contributed by atoms with E-state index in [4.69, 9.17) is 5.73 Å². The number of halogens is 2. The molecule has 1 saturated heterocycles. The van der Waals surface area contributed by atoms with Crippen molar-refractivity contribution in [1.82, 2.24) is 10.2 Å². The Kier molecular flexibility index (Phi) is 6.63. The van der Waals surface area contributed by atoms with Crippen molar-refractivity contribution in [3.05, 3.63) is 0 Å². The minimum Gasteiger partial charge on any atom is -0.368 e. The van der Waals surface area contributed by atoms with E-state index in [-0.39, 0.29) is 36.3 Å². The van der Waals surface area contributed by atoms with Crippen LogP contribution in [0.15, 0.2) is 0 Å². The lowest BCUT2D eigenvalue weighted by Crippen LogP contribution is -2.60.